The molecule has 0 radical (unpaired) electrons. The maximum Gasteiger partial charge on any atom is 0.192 e. The SMILES string of the molecule is COc1cc(C)ccc1CN=C(NCc1nnc(C)n1C)NCC1CCCO1.I. The second-order valence-electron chi connectivity index (χ2n) is 7.07. The van der Waals surface area contributed by atoms with Crippen molar-refractivity contribution in [3.63, 3.8) is 0 Å². The molecule has 1 unspecified atom stereocenters. The predicted octanol–water partition coefficient (Wildman–Crippen LogP) is 2.47. The Morgan fingerprint density at radius 1 is 1.31 bits per heavy atom. The lowest BCUT2D eigenvalue weighted by molar-refractivity contribution is 0.113. The first-order valence-electron chi connectivity index (χ1n) is 9.69. The van der Waals surface area contributed by atoms with E-state index >= 15 is 0 Å². The number of hydrogen-bond donors (Lipinski definition) is 2. The fraction of sp³-hybridized carbons (Fsp3) is 0.550. The van der Waals surface area contributed by atoms with Crippen LogP contribution in [0.5, 0.6) is 5.75 Å². The van der Waals surface area contributed by atoms with Crippen LogP contribution in [0.25, 0.3) is 0 Å². The number of aryl methyl sites for hydroxylation is 2. The van der Waals surface area contributed by atoms with E-state index in [4.69, 9.17) is 14.5 Å². The van der Waals surface area contributed by atoms with Crippen LogP contribution >= 0.6 is 24.0 Å². The van der Waals surface area contributed by atoms with Crippen molar-refractivity contribution in [1.82, 2.24) is 25.4 Å². The van der Waals surface area contributed by atoms with Crippen molar-refractivity contribution in [3.05, 3.63) is 41.0 Å². The van der Waals surface area contributed by atoms with Crippen molar-refractivity contribution in [2.75, 3.05) is 20.3 Å². The molecule has 0 aliphatic carbocycles. The summed E-state index contributed by atoms with van der Waals surface area (Å²) in [6.07, 6.45) is 2.43. The number of aliphatic imine (C=N–C) groups is 1. The van der Waals surface area contributed by atoms with Crippen LogP contribution in [0.4, 0.5) is 0 Å². The molecule has 2 N–H and O–H groups in total. The number of hydrogen-bond acceptors (Lipinski definition) is 5. The van der Waals surface area contributed by atoms with Gasteiger partial charge in [0.1, 0.15) is 11.6 Å². The maximum absolute atomic E-state index is 5.71. The number of halogens is 1. The molecule has 0 bridgehead atoms. The van der Waals surface area contributed by atoms with Crippen molar-refractivity contribution >= 4 is 29.9 Å². The van der Waals surface area contributed by atoms with Gasteiger partial charge in [0.25, 0.3) is 0 Å². The zero-order valence-electron chi connectivity index (χ0n) is 17.6. The molecule has 2 heterocycles. The summed E-state index contributed by atoms with van der Waals surface area (Å²) < 4.78 is 13.2. The molecular formula is C20H31IN6O2. The van der Waals surface area contributed by atoms with E-state index in [1.54, 1.807) is 7.11 Å². The van der Waals surface area contributed by atoms with Crippen molar-refractivity contribution in [1.29, 1.82) is 0 Å². The molecule has 8 nitrogen and oxygen atoms in total. The van der Waals surface area contributed by atoms with Crippen molar-refractivity contribution < 1.29 is 9.47 Å². The zero-order chi connectivity index (χ0) is 19.9. The number of benzene rings is 1. The van der Waals surface area contributed by atoms with Gasteiger partial charge in [-0.05, 0) is 38.3 Å². The number of guanidine groups is 1. The average Bonchev–Trinajstić information content (AvgIpc) is 3.33. The van der Waals surface area contributed by atoms with Gasteiger partial charge in [-0.1, -0.05) is 12.1 Å². The van der Waals surface area contributed by atoms with Crippen LogP contribution in [0.2, 0.25) is 0 Å². The lowest BCUT2D eigenvalue weighted by Crippen LogP contribution is -2.41. The van der Waals surface area contributed by atoms with E-state index in [1.165, 1.54) is 0 Å². The van der Waals surface area contributed by atoms with Crippen molar-refractivity contribution in [3.8, 4) is 5.75 Å². The molecule has 160 valence electrons. The van der Waals surface area contributed by atoms with E-state index < -0.39 is 0 Å². The maximum atomic E-state index is 5.71. The Labute approximate surface area is 189 Å². The Morgan fingerprint density at radius 3 is 2.79 bits per heavy atom. The number of rotatable bonds is 7. The topological polar surface area (TPSA) is 85.6 Å². The zero-order valence-corrected chi connectivity index (χ0v) is 19.9. The third-order valence-electron chi connectivity index (χ3n) is 4.97. The van der Waals surface area contributed by atoms with Gasteiger partial charge in [0.15, 0.2) is 11.8 Å². The molecule has 2 aromatic rings. The van der Waals surface area contributed by atoms with E-state index in [0.717, 1.165) is 60.5 Å². The van der Waals surface area contributed by atoms with Gasteiger partial charge in [0.2, 0.25) is 0 Å². The molecule has 1 aliphatic heterocycles. The normalized spacial score (nSPS) is 16.4. The van der Waals surface area contributed by atoms with Crippen LogP contribution < -0.4 is 15.4 Å². The smallest absolute Gasteiger partial charge is 0.192 e. The van der Waals surface area contributed by atoms with E-state index in [2.05, 4.69) is 39.9 Å². The molecule has 1 atom stereocenters. The number of ether oxygens (including phenoxy) is 2. The first-order valence-corrected chi connectivity index (χ1v) is 9.69. The molecule has 0 saturated carbocycles. The van der Waals surface area contributed by atoms with Gasteiger partial charge >= 0.3 is 0 Å². The standard InChI is InChI=1S/C20H30N6O2.HI/c1-14-7-8-16(18(10-14)27-4)11-21-20(22-12-17-6-5-9-28-17)23-13-19-25-24-15(2)26(19)3;/h7-8,10,17H,5-6,9,11-13H2,1-4H3,(H2,21,22,23);1H. The Balaban J connectivity index is 0.00000300. The quantitative estimate of drug-likeness (QED) is 0.336. The Kier molecular flexibility index (Phi) is 9.15. The third kappa shape index (κ3) is 6.56. The largest absolute Gasteiger partial charge is 0.496 e. The molecule has 1 aromatic carbocycles. The molecule has 1 aromatic heterocycles. The highest BCUT2D eigenvalue weighted by Crippen LogP contribution is 2.20. The third-order valence-corrected chi connectivity index (χ3v) is 4.97. The highest BCUT2D eigenvalue weighted by Gasteiger charge is 2.16. The van der Waals surface area contributed by atoms with Gasteiger partial charge in [-0.25, -0.2) is 4.99 Å². The molecular weight excluding hydrogens is 483 g/mol. The minimum Gasteiger partial charge on any atom is -0.496 e. The summed E-state index contributed by atoms with van der Waals surface area (Å²) in [4.78, 5) is 4.75. The number of nitrogens with one attached hydrogen (secondary N) is 2. The van der Waals surface area contributed by atoms with Gasteiger partial charge in [-0.3, -0.25) is 0 Å². The molecule has 3 rings (SSSR count). The van der Waals surface area contributed by atoms with Crippen LogP contribution in [-0.2, 0) is 24.9 Å². The number of aromatic nitrogens is 3. The highest BCUT2D eigenvalue weighted by molar-refractivity contribution is 14.0. The fourth-order valence-corrected chi connectivity index (χ4v) is 3.10. The van der Waals surface area contributed by atoms with Gasteiger partial charge in [-0.2, -0.15) is 0 Å². The summed E-state index contributed by atoms with van der Waals surface area (Å²) in [5.41, 5.74) is 2.21. The van der Waals surface area contributed by atoms with Crippen LogP contribution in [0.3, 0.4) is 0 Å². The van der Waals surface area contributed by atoms with Gasteiger partial charge in [0, 0.05) is 25.8 Å². The van der Waals surface area contributed by atoms with Crippen molar-refractivity contribution in [2.24, 2.45) is 12.0 Å². The fourth-order valence-electron chi connectivity index (χ4n) is 3.10. The van der Waals surface area contributed by atoms with Crippen LogP contribution in [-0.4, -0.2) is 47.1 Å². The molecule has 29 heavy (non-hydrogen) atoms. The predicted molar refractivity (Wildman–Crippen MR) is 124 cm³/mol. The minimum absolute atomic E-state index is 0. The van der Waals surface area contributed by atoms with Crippen LogP contribution in [0.15, 0.2) is 23.2 Å². The first-order chi connectivity index (χ1) is 13.6. The van der Waals surface area contributed by atoms with E-state index in [-0.39, 0.29) is 30.1 Å². The van der Waals surface area contributed by atoms with Gasteiger partial charge < -0.3 is 24.7 Å². The lowest BCUT2D eigenvalue weighted by atomic mass is 10.1. The Morgan fingerprint density at radius 2 is 2.14 bits per heavy atom. The molecule has 1 fully saturated rings. The number of methoxy groups -OCH3 is 1. The summed E-state index contributed by atoms with van der Waals surface area (Å²) in [6.45, 7) is 6.61. The van der Waals surface area contributed by atoms with Crippen LogP contribution in [0, 0.1) is 13.8 Å². The second-order valence-corrected chi connectivity index (χ2v) is 7.07. The first kappa shape index (κ1) is 23.4. The summed E-state index contributed by atoms with van der Waals surface area (Å²) in [5.74, 6) is 3.31. The second kappa shape index (κ2) is 11.3. The average molecular weight is 514 g/mol. The number of nitrogens with zero attached hydrogens (tertiary/aromatic N) is 4. The molecule has 9 heteroatoms. The van der Waals surface area contributed by atoms with Gasteiger partial charge in [0.05, 0.1) is 26.3 Å². The summed E-state index contributed by atoms with van der Waals surface area (Å²) in [5, 5.41) is 15.1. The molecule has 1 aliphatic rings. The van der Waals surface area contributed by atoms with Crippen molar-refractivity contribution in [2.45, 2.75) is 45.9 Å². The molecule has 1 saturated heterocycles. The van der Waals surface area contributed by atoms with E-state index in [0.29, 0.717) is 13.1 Å². The summed E-state index contributed by atoms with van der Waals surface area (Å²) in [7, 11) is 3.65. The Bertz CT molecular complexity index is 817. The summed E-state index contributed by atoms with van der Waals surface area (Å²) in [6, 6.07) is 6.16. The highest BCUT2D eigenvalue weighted by atomic mass is 127. The lowest BCUT2D eigenvalue weighted by Gasteiger charge is -2.16. The monoisotopic (exact) mass is 514 g/mol. The van der Waals surface area contributed by atoms with E-state index in [9.17, 15) is 0 Å². The summed E-state index contributed by atoms with van der Waals surface area (Å²) >= 11 is 0. The molecule has 0 amide bonds. The van der Waals surface area contributed by atoms with Gasteiger partial charge in [-0.15, -0.1) is 34.2 Å². The minimum atomic E-state index is 0. The van der Waals surface area contributed by atoms with Crippen LogP contribution in [0.1, 0.15) is 35.6 Å². The van der Waals surface area contributed by atoms with E-state index in [1.807, 2.05) is 24.6 Å². The molecule has 0 spiro atoms. The Hall–Kier alpha value is -1.88.